The number of nitriles is 1. The summed E-state index contributed by atoms with van der Waals surface area (Å²) in [5, 5.41) is 23.3. The van der Waals surface area contributed by atoms with E-state index in [0.717, 1.165) is 10.5 Å². The largest absolute Gasteiger partial charge is 0.481 e. The number of anilines is 2. The molecule has 0 aliphatic heterocycles. The third-order valence-corrected chi connectivity index (χ3v) is 4.99. The molecule has 0 radical (unpaired) electrons. The number of rotatable bonds is 8. The Labute approximate surface area is 162 Å². The van der Waals surface area contributed by atoms with Crippen molar-refractivity contribution in [2.75, 3.05) is 16.4 Å². The summed E-state index contributed by atoms with van der Waals surface area (Å²) in [6.07, 6.45) is 0.449. The van der Waals surface area contributed by atoms with Crippen LogP contribution in [0.5, 0.6) is 0 Å². The van der Waals surface area contributed by atoms with Gasteiger partial charge in [0.05, 0.1) is 17.7 Å². The molecule has 0 spiro atoms. The van der Waals surface area contributed by atoms with Crippen LogP contribution >= 0.6 is 11.8 Å². The lowest BCUT2D eigenvalue weighted by molar-refractivity contribution is -0.136. The molecule has 3 N–H and O–H groups in total. The molecule has 2 rings (SSSR count). The highest BCUT2D eigenvalue weighted by Gasteiger charge is 2.09. The van der Waals surface area contributed by atoms with Gasteiger partial charge in [-0.1, -0.05) is 24.3 Å². The van der Waals surface area contributed by atoms with Crippen LogP contribution in [0.2, 0.25) is 0 Å². The highest BCUT2D eigenvalue weighted by atomic mass is 32.2. The fraction of sp³-hybridized carbons (Fsp3) is 0.250. The molecule has 1 unspecified atom stereocenters. The number of nitrogens with zero attached hydrogens (tertiary/aromatic N) is 1. The number of para-hydroxylation sites is 1. The van der Waals surface area contributed by atoms with Gasteiger partial charge in [-0.2, -0.15) is 5.26 Å². The zero-order chi connectivity index (χ0) is 19.6. The molecule has 2 amide bonds. The fourth-order valence-electron chi connectivity index (χ4n) is 2.29. The van der Waals surface area contributed by atoms with Gasteiger partial charge in [0.1, 0.15) is 0 Å². The van der Waals surface area contributed by atoms with Gasteiger partial charge in [0, 0.05) is 22.8 Å². The minimum Gasteiger partial charge on any atom is -0.481 e. The van der Waals surface area contributed by atoms with Gasteiger partial charge in [0.2, 0.25) is 0 Å². The summed E-state index contributed by atoms with van der Waals surface area (Å²) in [6, 6.07) is 16.4. The zero-order valence-electron chi connectivity index (χ0n) is 14.9. The van der Waals surface area contributed by atoms with Gasteiger partial charge in [-0.3, -0.25) is 4.79 Å². The molecule has 0 saturated carbocycles. The fourth-order valence-corrected chi connectivity index (χ4v) is 3.24. The van der Waals surface area contributed by atoms with Gasteiger partial charge in [0.15, 0.2) is 0 Å². The van der Waals surface area contributed by atoms with Crippen LogP contribution in [0.1, 0.15) is 18.9 Å². The van der Waals surface area contributed by atoms with Crippen LogP contribution in [0.4, 0.5) is 16.2 Å². The minimum atomic E-state index is -0.856. The van der Waals surface area contributed by atoms with E-state index >= 15 is 0 Å². The third-order valence-electron chi connectivity index (χ3n) is 3.66. The highest BCUT2D eigenvalue weighted by Crippen LogP contribution is 2.28. The van der Waals surface area contributed by atoms with Crippen molar-refractivity contribution in [3.8, 4) is 6.07 Å². The first-order valence-corrected chi connectivity index (χ1v) is 9.46. The number of carboxylic acid groups (broad SMARTS) is 1. The molecular formula is C20H21N3O3S. The first kappa shape index (κ1) is 20.3. The van der Waals surface area contributed by atoms with Crippen molar-refractivity contribution in [3.63, 3.8) is 0 Å². The van der Waals surface area contributed by atoms with Crippen LogP contribution < -0.4 is 10.6 Å². The zero-order valence-corrected chi connectivity index (χ0v) is 15.8. The molecule has 2 aromatic carbocycles. The number of amides is 2. The van der Waals surface area contributed by atoms with Crippen LogP contribution in [-0.2, 0) is 11.2 Å². The molecule has 0 aliphatic rings. The Kier molecular flexibility index (Phi) is 7.71. The molecule has 7 heteroatoms. The second-order valence-electron chi connectivity index (χ2n) is 6.01. The molecular weight excluding hydrogens is 362 g/mol. The summed E-state index contributed by atoms with van der Waals surface area (Å²) in [4.78, 5) is 23.9. The van der Waals surface area contributed by atoms with Crippen molar-refractivity contribution < 1.29 is 14.7 Å². The van der Waals surface area contributed by atoms with E-state index < -0.39 is 5.97 Å². The van der Waals surface area contributed by atoms with Crippen LogP contribution in [0.15, 0.2) is 53.4 Å². The normalized spacial score (nSPS) is 11.3. The maximum Gasteiger partial charge on any atom is 0.323 e. The first-order chi connectivity index (χ1) is 13.0. The summed E-state index contributed by atoms with van der Waals surface area (Å²) >= 11 is 1.52. The van der Waals surface area contributed by atoms with Crippen molar-refractivity contribution in [3.05, 3.63) is 54.1 Å². The molecule has 2 aromatic rings. The van der Waals surface area contributed by atoms with Gasteiger partial charge in [-0.05, 0) is 43.2 Å². The molecule has 1 atom stereocenters. The van der Waals surface area contributed by atoms with Crippen LogP contribution in [0.3, 0.4) is 0 Å². The number of carbonyl (C=O) groups excluding carboxylic acids is 1. The molecule has 0 aromatic heterocycles. The van der Waals surface area contributed by atoms with E-state index in [9.17, 15) is 9.59 Å². The average Bonchev–Trinajstić information content (AvgIpc) is 2.65. The van der Waals surface area contributed by atoms with E-state index in [1.54, 1.807) is 18.2 Å². The number of urea groups is 1. The van der Waals surface area contributed by atoms with E-state index in [4.69, 9.17) is 10.4 Å². The Morgan fingerprint density at radius 2 is 1.96 bits per heavy atom. The number of nitrogens with one attached hydrogen (secondary N) is 2. The van der Waals surface area contributed by atoms with Gasteiger partial charge in [-0.25, -0.2) is 4.79 Å². The van der Waals surface area contributed by atoms with E-state index in [0.29, 0.717) is 23.5 Å². The predicted molar refractivity (Wildman–Crippen MR) is 107 cm³/mol. The quantitative estimate of drug-likeness (QED) is 0.578. The van der Waals surface area contributed by atoms with Crippen molar-refractivity contribution in [2.24, 2.45) is 5.92 Å². The molecule has 0 saturated heterocycles. The molecule has 0 heterocycles. The topological polar surface area (TPSA) is 102 Å². The van der Waals surface area contributed by atoms with Crippen molar-refractivity contribution in [1.82, 2.24) is 0 Å². The molecule has 6 nitrogen and oxygen atoms in total. The number of hydrogen-bond acceptors (Lipinski definition) is 4. The number of carbonyl (C=O) groups is 2. The van der Waals surface area contributed by atoms with E-state index in [1.807, 2.05) is 37.3 Å². The monoisotopic (exact) mass is 383 g/mol. The van der Waals surface area contributed by atoms with Gasteiger partial charge in [0.25, 0.3) is 0 Å². The van der Waals surface area contributed by atoms with Gasteiger partial charge < -0.3 is 15.7 Å². The van der Waals surface area contributed by atoms with E-state index in [2.05, 4.69) is 16.7 Å². The van der Waals surface area contributed by atoms with Crippen LogP contribution in [0, 0.1) is 17.2 Å². The minimum absolute atomic E-state index is 0.0430. The summed E-state index contributed by atoms with van der Waals surface area (Å²) < 4.78 is 0. The Morgan fingerprint density at radius 1 is 1.19 bits per heavy atom. The Morgan fingerprint density at radius 3 is 2.70 bits per heavy atom. The predicted octanol–water partition coefficient (Wildman–Crippen LogP) is 4.60. The third kappa shape index (κ3) is 7.04. The Bertz CT molecular complexity index is 848. The highest BCUT2D eigenvalue weighted by molar-refractivity contribution is 7.99. The van der Waals surface area contributed by atoms with E-state index in [1.165, 1.54) is 11.8 Å². The van der Waals surface area contributed by atoms with Crippen LogP contribution in [0.25, 0.3) is 0 Å². The maximum absolute atomic E-state index is 12.3. The number of thioether (sulfide) groups is 1. The molecule has 0 bridgehead atoms. The Hall–Kier alpha value is -2.98. The van der Waals surface area contributed by atoms with Gasteiger partial charge in [-0.15, -0.1) is 11.8 Å². The Balaban J connectivity index is 1.99. The smallest absolute Gasteiger partial charge is 0.323 e. The lowest BCUT2D eigenvalue weighted by Crippen LogP contribution is -2.20. The molecule has 27 heavy (non-hydrogen) atoms. The number of hydrogen-bond donors (Lipinski definition) is 3. The average molecular weight is 383 g/mol. The standard InChI is InChI=1S/C20H21N3O3S/c1-14(12-21)13-27-18-8-3-2-7-17(18)23-20(26)22-16-6-4-5-15(11-16)9-10-19(24)25/h2-8,11,14H,9-10,13H2,1H3,(H,24,25)(H2,22,23,26). The number of aryl methyl sites for hydroxylation is 1. The lowest BCUT2D eigenvalue weighted by atomic mass is 10.1. The maximum atomic E-state index is 12.3. The molecule has 0 aliphatic carbocycles. The second kappa shape index (κ2) is 10.2. The molecule has 0 fully saturated rings. The van der Waals surface area contributed by atoms with Crippen molar-refractivity contribution in [1.29, 1.82) is 5.26 Å². The van der Waals surface area contributed by atoms with Crippen molar-refractivity contribution >= 4 is 35.1 Å². The summed E-state index contributed by atoms with van der Waals surface area (Å²) in [5.74, 6) is -0.293. The second-order valence-corrected chi connectivity index (χ2v) is 7.07. The van der Waals surface area contributed by atoms with Crippen LogP contribution in [-0.4, -0.2) is 22.9 Å². The number of aliphatic carboxylic acids is 1. The SMILES string of the molecule is CC(C#N)CSc1ccccc1NC(=O)Nc1cccc(CCC(=O)O)c1. The first-order valence-electron chi connectivity index (χ1n) is 8.48. The summed E-state index contributed by atoms with van der Waals surface area (Å²) in [5.41, 5.74) is 2.11. The van der Waals surface area contributed by atoms with Crippen molar-refractivity contribution in [2.45, 2.75) is 24.7 Å². The van der Waals surface area contributed by atoms with Gasteiger partial charge >= 0.3 is 12.0 Å². The summed E-state index contributed by atoms with van der Waals surface area (Å²) in [7, 11) is 0. The lowest BCUT2D eigenvalue weighted by Gasteiger charge is -2.12. The number of carboxylic acids is 1. The molecule has 140 valence electrons. The number of benzene rings is 2. The van der Waals surface area contributed by atoms with E-state index in [-0.39, 0.29) is 18.4 Å². The summed E-state index contributed by atoms with van der Waals surface area (Å²) in [6.45, 7) is 1.85.